The first-order valence-corrected chi connectivity index (χ1v) is 11.7. The molecule has 9 heteroatoms. The van der Waals surface area contributed by atoms with Crippen LogP contribution in [0.25, 0.3) is 11.8 Å². The zero-order chi connectivity index (χ0) is 22.0. The molecule has 0 saturated carbocycles. The molecule has 4 rings (SSSR count). The van der Waals surface area contributed by atoms with Crippen LogP contribution < -0.4 is 9.62 Å². The molecule has 0 bridgehead atoms. The zero-order valence-electron chi connectivity index (χ0n) is 16.8. The molecule has 31 heavy (non-hydrogen) atoms. The number of benzene rings is 2. The van der Waals surface area contributed by atoms with Crippen molar-refractivity contribution < 1.29 is 13.2 Å². The molecule has 7 nitrogen and oxygen atoms in total. The maximum absolute atomic E-state index is 12.5. The van der Waals surface area contributed by atoms with E-state index >= 15 is 0 Å². The lowest BCUT2D eigenvalue weighted by Gasteiger charge is -2.16. The van der Waals surface area contributed by atoms with Gasteiger partial charge in [0.2, 0.25) is 15.9 Å². The number of aryl methyl sites for hydroxylation is 1. The number of carbonyl (C=O) groups is 1. The van der Waals surface area contributed by atoms with Crippen LogP contribution in [0.4, 0.5) is 11.5 Å². The number of rotatable bonds is 5. The van der Waals surface area contributed by atoms with Crippen LogP contribution in [0.3, 0.4) is 0 Å². The molecule has 1 aliphatic rings. The summed E-state index contributed by atoms with van der Waals surface area (Å²) in [7, 11) is -3.21. The third kappa shape index (κ3) is 4.81. The van der Waals surface area contributed by atoms with Gasteiger partial charge in [0.25, 0.3) is 0 Å². The second kappa shape index (κ2) is 8.56. The molecule has 0 aliphatic carbocycles. The van der Waals surface area contributed by atoms with Crippen molar-refractivity contribution in [3.63, 3.8) is 0 Å². The van der Waals surface area contributed by atoms with Crippen molar-refractivity contribution in [1.29, 1.82) is 0 Å². The number of nitrogens with one attached hydrogen (secondary N) is 1. The van der Waals surface area contributed by atoms with Gasteiger partial charge in [-0.2, -0.15) is 5.10 Å². The standard InChI is InChI=1S/C22H21ClN4O3S/c1-16-14-21(27(25-16)20-5-2-4-18(23)15-20)24-22(28)11-8-17-6-9-19(10-7-17)26-12-3-13-31(26,29)30/h2,4-11,14-15H,3,12-13H2,1H3,(H,24,28)/b11-8+. The highest BCUT2D eigenvalue weighted by Gasteiger charge is 2.28. The van der Waals surface area contributed by atoms with Crippen molar-refractivity contribution in [2.75, 3.05) is 21.9 Å². The zero-order valence-corrected chi connectivity index (χ0v) is 18.4. The third-order valence-electron chi connectivity index (χ3n) is 4.84. The molecule has 1 N–H and O–H groups in total. The van der Waals surface area contributed by atoms with E-state index in [9.17, 15) is 13.2 Å². The minimum absolute atomic E-state index is 0.181. The molecule has 1 aliphatic heterocycles. The first-order valence-electron chi connectivity index (χ1n) is 9.74. The second-order valence-corrected chi connectivity index (χ2v) is 9.67. The van der Waals surface area contributed by atoms with Crippen molar-refractivity contribution in [1.82, 2.24) is 9.78 Å². The molecule has 160 valence electrons. The van der Waals surface area contributed by atoms with E-state index in [1.165, 1.54) is 10.4 Å². The second-order valence-electron chi connectivity index (χ2n) is 7.22. The highest BCUT2D eigenvalue weighted by Crippen LogP contribution is 2.24. The molecule has 2 heterocycles. The summed E-state index contributed by atoms with van der Waals surface area (Å²) in [6.07, 6.45) is 3.73. The first kappa shape index (κ1) is 21.1. The molecule has 1 fully saturated rings. The lowest BCUT2D eigenvalue weighted by atomic mass is 10.2. The van der Waals surface area contributed by atoms with E-state index in [0.717, 1.165) is 16.9 Å². The van der Waals surface area contributed by atoms with Crippen LogP contribution >= 0.6 is 11.6 Å². The van der Waals surface area contributed by atoms with Crippen molar-refractivity contribution in [3.05, 3.63) is 77.0 Å². The quantitative estimate of drug-likeness (QED) is 0.587. The van der Waals surface area contributed by atoms with Gasteiger partial charge in [0.1, 0.15) is 5.82 Å². The number of sulfonamides is 1. The van der Waals surface area contributed by atoms with Gasteiger partial charge in [-0.25, -0.2) is 13.1 Å². The van der Waals surface area contributed by atoms with Crippen LogP contribution in [0, 0.1) is 6.92 Å². The summed E-state index contributed by atoms with van der Waals surface area (Å²) in [5, 5.41) is 7.83. The van der Waals surface area contributed by atoms with Gasteiger partial charge < -0.3 is 5.32 Å². The van der Waals surface area contributed by atoms with Crippen molar-refractivity contribution >= 4 is 45.1 Å². The smallest absolute Gasteiger partial charge is 0.249 e. The minimum Gasteiger partial charge on any atom is -0.307 e. The normalized spacial score (nSPS) is 15.5. The number of hydrogen-bond donors (Lipinski definition) is 1. The Hall–Kier alpha value is -3.10. The number of anilines is 2. The highest BCUT2D eigenvalue weighted by molar-refractivity contribution is 7.93. The number of aromatic nitrogens is 2. The number of nitrogens with zero attached hydrogens (tertiary/aromatic N) is 3. The van der Waals surface area contributed by atoms with Crippen LogP contribution in [-0.2, 0) is 14.8 Å². The molecule has 0 atom stereocenters. The van der Waals surface area contributed by atoms with E-state index in [4.69, 9.17) is 11.6 Å². The average Bonchev–Trinajstić information content (AvgIpc) is 3.28. The van der Waals surface area contributed by atoms with Crippen molar-refractivity contribution in [2.45, 2.75) is 13.3 Å². The summed E-state index contributed by atoms with van der Waals surface area (Å²) in [5.74, 6) is 0.401. The SMILES string of the molecule is Cc1cc(NC(=O)/C=C/c2ccc(N3CCCS3(=O)=O)cc2)n(-c2cccc(Cl)c2)n1. The van der Waals surface area contributed by atoms with Gasteiger partial charge in [0, 0.05) is 23.7 Å². The predicted octanol–water partition coefficient (Wildman–Crippen LogP) is 4.03. The first-order chi connectivity index (χ1) is 14.8. The van der Waals surface area contributed by atoms with Crippen LogP contribution in [-0.4, -0.2) is 36.4 Å². The Morgan fingerprint density at radius 3 is 2.58 bits per heavy atom. The number of halogens is 1. The molecule has 2 aromatic carbocycles. The summed E-state index contributed by atoms with van der Waals surface area (Å²) in [5.41, 5.74) is 2.93. The van der Waals surface area contributed by atoms with Gasteiger partial charge in [0.15, 0.2) is 0 Å². The van der Waals surface area contributed by atoms with Gasteiger partial charge in [-0.1, -0.05) is 29.8 Å². The summed E-state index contributed by atoms with van der Waals surface area (Å²) in [6, 6.07) is 16.0. The predicted molar refractivity (Wildman–Crippen MR) is 123 cm³/mol. The molecular weight excluding hydrogens is 436 g/mol. The van der Waals surface area contributed by atoms with Crippen LogP contribution in [0.1, 0.15) is 17.7 Å². The van der Waals surface area contributed by atoms with Crippen molar-refractivity contribution in [3.8, 4) is 5.69 Å². The van der Waals surface area contributed by atoms with E-state index in [1.54, 1.807) is 53.2 Å². The Morgan fingerprint density at radius 1 is 1.13 bits per heavy atom. The average molecular weight is 457 g/mol. The molecule has 0 unspecified atom stereocenters. The van der Waals surface area contributed by atoms with Gasteiger partial charge in [0.05, 0.1) is 22.8 Å². The van der Waals surface area contributed by atoms with E-state index < -0.39 is 10.0 Å². The van der Waals surface area contributed by atoms with Crippen LogP contribution in [0.2, 0.25) is 5.02 Å². The number of amides is 1. The van der Waals surface area contributed by atoms with Gasteiger partial charge >= 0.3 is 0 Å². The molecular formula is C22H21ClN4O3S. The topological polar surface area (TPSA) is 84.3 Å². The number of hydrogen-bond acceptors (Lipinski definition) is 4. The Balaban J connectivity index is 1.46. The Morgan fingerprint density at radius 2 is 1.90 bits per heavy atom. The largest absolute Gasteiger partial charge is 0.307 e. The summed E-state index contributed by atoms with van der Waals surface area (Å²) in [4.78, 5) is 12.5. The fourth-order valence-electron chi connectivity index (χ4n) is 3.41. The van der Waals surface area contributed by atoms with E-state index in [0.29, 0.717) is 29.5 Å². The summed E-state index contributed by atoms with van der Waals surface area (Å²) < 4.78 is 27.1. The van der Waals surface area contributed by atoms with Crippen LogP contribution in [0.5, 0.6) is 0 Å². The lowest BCUT2D eigenvalue weighted by molar-refractivity contribution is -0.111. The minimum atomic E-state index is -3.21. The molecule has 1 amide bonds. The number of carbonyl (C=O) groups excluding carboxylic acids is 1. The maximum Gasteiger partial charge on any atom is 0.249 e. The molecule has 1 aromatic heterocycles. The molecule has 3 aromatic rings. The van der Waals surface area contributed by atoms with Gasteiger partial charge in [-0.15, -0.1) is 0 Å². The monoisotopic (exact) mass is 456 g/mol. The summed E-state index contributed by atoms with van der Waals surface area (Å²) in [6.45, 7) is 2.34. The Kier molecular flexibility index (Phi) is 5.84. The molecule has 1 saturated heterocycles. The third-order valence-corrected chi connectivity index (χ3v) is 6.95. The fourth-order valence-corrected chi connectivity index (χ4v) is 5.16. The molecule has 0 spiro atoms. The van der Waals surface area contributed by atoms with Crippen LogP contribution in [0.15, 0.2) is 60.7 Å². The Bertz CT molecular complexity index is 1250. The summed E-state index contributed by atoms with van der Waals surface area (Å²) >= 11 is 6.07. The van der Waals surface area contributed by atoms with E-state index in [-0.39, 0.29) is 11.7 Å². The Labute approximate surface area is 186 Å². The maximum atomic E-state index is 12.5. The van der Waals surface area contributed by atoms with E-state index in [1.807, 2.05) is 19.1 Å². The van der Waals surface area contributed by atoms with Gasteiger partial charge in [-0.05, 0) is 55.3 Å². The van der Waals surface area contributed by atoms with E-state index in [2.05, 4.69) is 10.4 Å². The highest BCUT2D eigenvalue weighted by atomic mass is 35.5. The molecule has 0 radical (unpaired) electrons. The van der Waals surface area contributed by atoms with Gasteiger partial charge in [-0.3, -0.25) is 9.10 Å². The lowest BCUT2D eigenvalue weighted by Crippen LogP contribution is -2.24. The fraction of sp³-hybridized carbons (Fsp3) is 0.182. The van der Waals surface area contributed by atoms with Crippen molar-refractivity contribution in [2.24, 2.45) is 0 Å².